The fourth-order valence-corrected chi connectivity index (χ4v) is 5.68. The minimum Gasteiger partial charge on any atom is -0.415 e. The number of hydrogen-bond acceptors (Lipinski definition) is 3. The number of allylic oxidation sites excluding steroid dienone is 1. The number of carbonyl (C=O) groups excluding carboxylic acids is 1. The molecule has 0 aliphatic rings. The van der Waals surface area contributed by atoms with Crippen LogP contribution in [0.4, 0.5) is 0 Å². The van der Waals surface area contributed by atoms with Crippen molar-refractivity contribution in [3.63, 3.8) is 0 Å². The summed E-state index contributed by atoms with van der Waals surface area (Å²) in [6, 6.07) is 40.7. The lowest BCUT2D eigenvalue weighted by Gasteiger charge is -2.41. The highest BCUT2D eigenvalue weighted by Gasteiger charge is 2.40. The van der Waals surface area contributed by atoms with Gasteiger partial charge < -0.3 is 4.43 Å². The zero-order valence-electron chi connectivity index (χ0n) is 24.3. The summed E-state index contributed by atoms with van der Waals surface area (Å²) < 4.78 is 6.76. The molecule has 3 nitrogen and oxygen atoms in total. The minimum absolute atomic E-state index is 0.0236. The average molecular weight is 548 g/mol. The highest BCUT2D eigenvalue weighted by atomic mass is 28.4. The summed E-state index contributed by atoms with van der Waals surface area (Å²) in [6.07, 6.45) is 3.67. The smallest absolute Gasteiger partial charge is 0.192 e. The summed E-state index contributed by atoms with van der Waals surface area (Å²) in [5.74, 6) is -0.0236. The molecule has 206 valence electrons. The van der Waals surface area contributed by atoms with Crippen LogP contribution in [0.1, 0.15) is 47.8 Å². The Morgan fingerprint density at radius 1 is 0.725 bits per heavy atom. The second-order valence-corrected chi connectivity index (χ2v) is 16.6. The number of hydrogen-bond donors (Lipinski definition) is 1. The number of carbonyl (C=O) groups is 1. The summed E-state index contributed by atoms with van der Waals surface area (Å²) in [7, 11) is -2.06. The molecule has 4 aromatic rings. The van der Waals surface area contributed by atoms with Crippen LogP contribution in [0.15, 0.2) is 133 Å². The van der Waals surface area contributed by atoms with E-state index >= 15 is 0 Å². The van der Waals surface area contributed by atoms with E-state index < -0.39 is 13.9 Å². The third-order valence-electron chi connectivity index (χ3n) is 7.99. The monoisotopic (exact) mass is 547 g/mol. The van der Waals surface area contributed by atoms with E-state index in [9.17, 15) is 4.79 Å². The second kappa shape index (κ2) is 12.7. The van der Waals surface area contributed by atoms with E-state index in [1.165, 1.54) is 0 Å². The molecule has 0 aliphatic heterocycles. The Hall–Kier alpha value is -3.57. The molecule has 4 aromatic carbocycles. The first-order valence-electron chi connectivity index (χ1n) is 14.0. The molecule has 0 spiro atoms. The molecule has 0 aromatic heterocycles. The number of benzene rings is 4. The number of rotatable bonds is 11. The molecule has 0 radical (unpaired) electrons. The van der Waals surface area contributed by atoms with Crippen molar-refractivity contribution in [3.8, 4) is 0 Å². The van der Waals surface area contributed by atoms with Crippen LogP contribution in [0.25, 0.3) is 0 Å². The highest BCUT2D eigenvalue weighted by Crippen LogP contribution is 2.39. The van der Waals surface area contributed by atoms with Gasteiger partial charge in [-0.1, -0.05) is 148 Å². The van der Waals surface area contributed by atoms with Crippen molar-refractivity contribution in [2.45, 2.75) is 50.5 Å². The van der Waals surface area contributed by atoms with Gasteiger partial charge in [-0.2, -0.15) is 0 Å². The van der Waals surface area contributed by atoms with Gasteiger partial charge in [0.25, 0.3) is 0 Å². The molecule has 4 heteroatoms. The van der Waals surface area contributed by atoms with E-state index in [0.717, 1.165) is 16.7 Å². The molecule has 4 rings (SSSR count). The Labute approximate surface area is 241 Å². The summed E-state index contributed by atoms with van der Waals surface area (Å²) >= 11 is 0. The molecule has 0 bridgehead atoms. The molecule has 0 saturated heterocycles. The molecule has 1 unspecified atom stereocenters. The molecule has 0 fully saturated rings. The lowest BCUT2D eigenvalue weighted by molar-refractivity contribution is 0.104. The number of nitrogens with one attached hydrogen (secondary N) is 1. The first-order valence-corrected chi connectivity index (χ1v) is 16.9. The van der Waals surface area contributed by atoms with Crippen LogP contribution in [-0.2, 0) is 9.96 Å². The van der Waals surface area contributed by atoms with Crippen molar-refractivity contribution in [1.29, 1.82) is 0 Å². The van der Waals surface area contributed by atoms with Gasteiger partial charge in [0.05, 0.1) is 12.1 Å². The second-order valence-electron chi connectivity index (χ2n) is 11.8. The van der Waals surface area contributed by atoms with Gasteiger partial charge in [-0.05, 0) is 40.9 Å². The normalized spacial score (nSPS) is 13.3. The summed E-state index contributed by atoms with van der Waals surface area (Å²) in [5.41, 5.74) is 3.35. The Morgan fingerprint density at radius 2 is 1.12 bits per heavy atom. The van der Waals surface area contributed by atoms with E-state index in [0.29, 0.717) is 12.2 Å². The minimum atomic E-state index is -2.06. The molecule has 1 atom stereocenters. The van der Waals surface area contributed by atoms with Crippen molar-refractivity contribution < 1.29 is 9.22 Å². The maximum Gasteiger partial charge on any atom is 0.192 e. The Balaban J connectivity index is 1.83. The topological polar surface area (TPSA) is 38.3 Å². The van der Waals surface area contributed by atoms with Gasteiger partial charge in [-0.15, -0.1) is 0 Å². The predicted molar refractivity (Wildman–Crippen MR) is 169 cm³/mol. The van der Waals surface area contributed by atoms with Crippen LogP contribution in [0.3, 0.4) is 0 Å². The van der Waals surface area contributed by atoms with Crippen LogP contribution in [0.2, 0.25) is 18.1 Å². The standard InChI is InChI=1S/C36H41NO2Si/c1-35(2,3)40(4,5)39-28-33(26-27-34(38)29-18-10-6-11-19-29)37-36(30-20-12-7-13-21-30,31-22-14-8-15-23-31)32-24-16-9-17-25-32/h6-27,33,37H,28H2,1-5H3/b27-26+. The van der Waals surface area contributed by atoms with Crippen molar-refractivity contribution in [2.24, 2.45) is 0 Å². The van der Waals surface area contributed by atoms with Gasteiger partial charge >= 0.3 is 0 Å². The van der Waals surface area contributed by atoms with Gasteiger partial charge in [0.2, 0.25) is 0 Å². The van der Waals surface area contributed by atoms with E-state index in [1.807, 2.05) is 54.6 Å². The van der Waals surface area contributed by atoms with Crippen molar-refractivity contribution in [2.75, 3.05) is 6.61 Å². The van der Waals surface area contributed by atoms with Crippen LogP contribution in [-0.4, -0.2) is 26.7 Å². The van der Waals surface area contributed by atoms with Gasteiger partial charge in [0, 0.05) is 11.6 Å². The molecule has 0 saturated carbocycles. The van der Waals surface area contributed by atoms with Crippen molar-refractivity contribution in [1.82, 2.24) is 5.32 Å². The first-order chi connectivity index (χ1) is 19.1. The van der Waals surface area contributed by atoms with Gasteiger partial charge in [-0.3, -0.25) is 10.1 Å². The molecule has 1 N–H and O–H groups in total. The molecule has 40 heavy (non-hydrogen) atoms. The quantitative estimate of drug-likeness (QED) is 0.0887. The maximum absolute atomic E-state index is 13.1. The van der Waals surface area contributed by atoms with Crippen molar-refractivity contribution in [3.05, 3.63) is 156 Å². The third kappa shape index (κ3) is 6.76. The molecule has 0 aliphatic carbocycles. The van der Waals surface area contributed by atoms with Gasteiger partial charge in [0.1, 0.15) is 0 Å². The SMILES string of the molecule is CC(C)(C)[Si](C)(C)OCC(/C=C/C(=O)c1ccccc1)NC(c1ccccc1)(c1ccccc1)c1ccccc1. The van der Waals surface area contributed by atoms with E-state index in [2.05, 4.69) is 112 Å². The molecular weight excluding hydrogens is 506 g/mol. The van der Waals surface area contributed by atoms with Crippen LogP contribution >= 0.6 is 0 Å². The number of ketones is 1. The maximum atomic E-state index is 13.1. The lowest BCUT2D eigenvalue weighted by atomic mass is 9.76. The van der Waals surface area contributed by atoms with Crippen LogP contribution in [0.5, 0.6) is 0 Å². The Bertz CT molecular complexity index is 1280. The summed E-state index contributed by atoms with van der Waals surface area (Å²) in [4.78, 5) is 13.1. The lowest BCUT2D eigenvalue weighted by Crippen LogP contribution is -2.52. The van der Waals surface area contributed by atoms with Crippen LogP contribution in [0, 0.1) is 0 Å². The third-order valence-corrected chi connectivity index (χ3v) is 12.5. The summed E-state index contributed by atoms with van der Waals surface area (Å²) in [5, 5.41) is 4.07. The van der Waals surface area contributed by atoms with Gasteiger partial charge in [-0.25, -0.2) is 0 Å². The largest absolute Gasteiger partial charge is 0.415 e. The predicted octanol–water partition coefficient (Wildman–Crippen LogP) is 8.40. The molecular formula is C36H41NO2Si. The van der Waals surface area contributed by atoms with E-state index in [-0.39, 0.29) is 16.9 Å². The Kier molecular flexibility index (Phi) is 9.36. The Morgan fingerprint density at radius 3 is 1.52 bits per heavy atom. The van der Waals surface area contributed by atoms with Crippen molar-refractivity contribution >= 4 is 14.1 Å². The zero-order valence-corrected chi connectivity index (χ0v) is 25.3. The first kappa shape index (κ1) is 29.4. The van der Waals surface area contributed by atoms with Gasteiger partial charge in [0.15, 0.2) is 14.1 Å². The highest BCUT2D eigenvalue weighted by molar-refractivity contribution is 6.74. The molecule has 0 amide bonds. The average Bonchev–Trinajstić information content (AvgIpc) is 2.98. The van der Waals surface area contributed by atoms with Crippen LogP contribution < -0.4 is 5.32 Å². The van der Waals surface area contributed by atoms with E-state index in [4.69, 9.17) is 4.43 Å². The zero-order chi connectivity index (χ0) is 28.6. The summed E-state index contributed by atoms with van der Waals surface area (Å²) in [6.45, 7) is 11.7. The fraction of sp³-hybridized carbons (Fsp3) is 0.250. The van der Waals surface area contributed by atoms with E-state index in [1.54, 1.807) is 6.08 Å². The molecule has 0 heterocycles. The fourth-order valence-electron chi connectivity index (χ4n) is 4.65.